The van der Waals surface area contributed by atoms with Crippen LogP contribution in [0.25, 0.3) is 5.78 Å². The quantitative estimate of drug-likeness (QED) is 0.848. The minimum atomic E-state index is 0.615. The van der Waals surface area contributed by atoms with Gasteiger partial charge in [-0.1, -0.05) is 27.2 Å². The molecule has 3 heterocycles. The highest BCUT2D eigenvalue weighted by Gasteiger charge is 2.30. The van der Waals surface area contributed by atoms with E-state index < -0.39 is 0 Å². The van der Waals surface area contributed by atoms with Crippen LogP contribution in [0.3, 0.4) is 0 Å². The summed E-state index contributed by atoms with van der Waals surface area (Å²) in [6, 6.07) is 2.81. The van der Waals surface area contributed by atoms with Crippen LogP contribution in [0.15, 0.2) is 12.4 Å². The number of rotatable bonds is 5. The summed E-state index contributed by atoms with van der Waals surface area (Å²) in [6.45, 7) is 7.90. The summed E-state index contributed by atoms with van der Waals surface area (Å²) in [4.78, 5) is 11.4. The lowest BCUT2D eigenvalue weighted by Crippen LogP contribution is -2.36. The van der Waals surface area contributed by atoms with Crippen molar-refractivity contribution in [1.82, 2.24) is 19.6 Å². The Morgan fingerprint density at radius 3 is 3.00 bits per heavy atom. The molecule has 0 aliphatic carbocycles. The highest BCUT2D eigenvalue weighted by atomic mass is 15.4. The molecule has 5 nitrogen and oxygen atoms in total. The molecule has 0 spiro atoms. The van der Waals surface area contributed by atoms with Gasteiger partial charge in [0, 0.05) is 24.3 Å². The number of nitrogens with zero attached hydrogens (tertiary/aromatic N) is 5. The van der Waals surface area contributed by atoms with Gasteiger partial charge >= 0.3 is 0 Å². The van der Waals surface area contributed by atoms with E-state index in [0.29, 0.717) is 12.0 Å². The molecule has 0 saturated carbocycles. The molecule has 1 saturated heterocycles. The van der Waals surface area contributed by atoms with E-state index in [0.717, 1.165) is 24.4 Å². The summed E-state index contributed by atoms with van der Waals surface area (Å²) in [5, 5.41) is 4.38. The van der Waals surface area contributed by atoms with Gasteiger partial charge in [-0.3, -0.25) is 0 Å². The van der Waals surface area contributed by atoms with Crippen molar-refractivity contribution in [3.8, 4) is 0 Å². The Labute approximate surface area is 126 Å². The van der Waals surface area contributed by atoms with Crippen LogP contribution in [-0.4, -0.2) is 32.2 Å². The first-order valence-corrected chi connectivity index (χ1v) is 8.20. The van der Waals surface area contributed by atoms with E-state index in [1.807, 2.05) is 4.52 Å². The smallest absolute Gasteiger partial charge is 0.254 e. The first-order chi connectivity index (χ1) is 10.2. The SMILES string of the molecule is CCCC(C)C1CCCN1c1cc(CC)nc2ncnn12. The molecule has 0 bridgehead atoms. The van der Waals surface area contributed by atoms with Gasteiger partial charge in [-0.25, -0.2) is 4.98 Å². The van der Waals surface area contributed by atoms with E-state index in [4.69, 9.17) is 0 Å². The Kier molecular flexibility index (Phi) is 4.08. The van der Waals surface area contributed by atoms with E-state index in [9.17, 15) is 0 Å². The number of aromatic nitrogens is 4. The van der Waals surface area contributed by atoms with E-state index in [2.05, 4.69) is 46.8 Å². The van der Waals surface area contributed by atoms with Gasteiger partial charge in [0.05, 0.1) is 0 Å². The fourth-order valence-corrected chi connectivity index (χ4v) is 3.55. The Hall–Kier alpha value is -1.65. The third-order valence-corrected chi connectivity index (χ3v) is 4.64. The second-order valence-corrected chi connectivity index (χ2v) is 6.10. The Balaban J connectivity index is 2.00. The molecule has 114 valence electrons. The zero-order valence-electron chi connectivity index (χ0n) is 13.3. The van der Waals surface area contributed by atoms with Gasteiger partial charge in [-0.05, 0) is 31.6 Å². The van der Waals surface area contributed by atoms with Crippen LogP contribution >= 0.6 is 0 Å². The van der Waals surface area contributed by atoms with Crippen molar-refractivity contribution in [3.63, 3.8) is 0 Å². The number of hydrogen-bond acceptors (Lipinski definition) is 4. The van der Waals surface area contributed by atoms with Crippen LogP contribution in [0.2, 0.25) is 0 Å². The molecule has 1 aliphatic rings. The van der Waals surface area contributed by atoms with Crippen molar-refractivity contribution < 1.29 is 0 Å². The summed E-state index contributed by atoms with van der Waals surface area (Å²) in [7, 11) is 0. The average Bonchev–Trinajstić information content (AvgIpc) is 3.15. The highest BCUT2D eigenvalue weighted by molar-refractivity contribution is 5.49. The molecule has 2 aromatic rings. The molecular formula is C16H25N5. The summed E-state index contributed by atoms with van der Waals surface area (Å²) < 4.78 is 1.90. The monoisotopic (exact) mass is 287 g/mol. The van der Waals surface area contributed by atoms with Crippen molar-refractivity contribution in [3.05, 3.63) is 18.1 Å². The van der Waals surface area contributed by atoms with Gasteiger partial charge in [0.1, 0.15) is 12.1 Å². The fourth-order valence-electron chi connectivity index (χ4n) is 3.55. The Morgan fingerprint density at radius 1 is 1.38 bits per heavy atom. The maximum absolute atomic E-state index is 4.55. The van der Waals surface area contributed by atoms with Crippen molar-refractivity contribution >= 4 is 11.6 Å². The topological polar surface area (TPSA) is 46.3 Å². The summed E-state index contributed by atoms with van der Waals surface area (Å²) in [5.41, 5.74) is 1.10. The normalized spacial score (nSPS) is 20.3. The molecule has 3 rings (SSSR count). The number of anilines is 1. The second kappa shape index (κ2) is 6.00. The molecule has 21 heavy (non-hydrogen) atoms. The lowest BCUT2D eigenvalue weighted by molar-refractivity contribution is 0.418. The Morgan fingerprint density at radius 2 is 2.24 bits per heavy atom. The standard InChI is InChI=1S/C16H25N5/c1-4-7-12(3)14-8-6-9-20(14)15-10-13(5-2)19-16-17-11-18-21(15)16/h10-12,14H,4-9H2,1-3H3. The van der Waals surface area contributed by atoms with Crippen LogP contribution in [0.5, 0.6) is 0 Å². The highest BCUT2D eigenvalue weighted by Crippen LogP contribution is 2.31. The molecule has 0 N–H and O–H groups in total. The maximum atomic E-state index is 4.55. The van der Waals surface area contributed by atoms with Gasteiger partial charge in [0.15, 0.2) is 0 Å². The van der Waals surface area contributed by atoms with Crippen LogP contribution in [-0.2, 0) is 6.42 Å². The molecule has 2 aromatic heterocycles. The van der Waals surface area contributed by atoms with Crippen LogP contribution in [0, 0.1) is 5.92 Å². The zero-order chi connectivity index (χ0) is 14.8. The third kappa shape index (κ3) is 2.61. The first-order valence-electron chi connectivity index (χ1n) is 8.20. The van der Waals surface area contributed by atoms with Gasteiger partial charge in [-0.15, -0.1) is 0 Å². The lowest BCUT2D eigenvalue weighted by atomic mass is 9.95. The summed E-state index contributed by atoms with van der Waals surface area (Å²) in [6.07, 6.45) is 7.61. The van der Waals surface area contributed by atoms with Crippen molar-refractivity contribution in [2.75, 3.05) is 11.4 Å². The molecular weight excluding hydrogens is 262 g/mol. The van der Waals surface area contributed by atoms with Crippen LogP contribution in [0.1, 0.15) is 52.1 Å². The summed E-state index contributed by atoms with van der Waals surface area (Å²) >= 11 is 0. The lowest BCUT2D eigenvalue weighted by Gasteiger charge is -2.31. The zero-order valence-corrected chi connectivity index (χ0v) is 13.3. The van der Waals surface area contributed by atoms with Gasteiger partial charge in [0.25, 0.3) is 5.78 Å². The van der Waals surface area contributed by atoms with Crippen molar-refractivity contribution in [1.29, 1.82) is 0 Å². The second-order valence-electron chi connectivity index (χ2n) is 6.10. The van der Waals surface area contributed by atoms with E-state index in [1.165, 1.54) is 31.5 Å². The first kappa shape index (κ1) is 14.3. The minimum Gasteiger partial charge on any atom is -0.353 e. The van der Waals surface area contributed by atoms with Crippen LogP contribution in [0.4, 0.5) is 5.82 Å². The predicted octanol–water partition coefficient (Wildman–Crippen LogP) is 3.09. The molecule has 0 aromatic carbocycles. The van der Waals surface area contributed by atoms with Crippen molar-refractivity contribution in [2.24, 2.45) is 5.92 Å². The van der Waals surface area contributed by atoms with Crippen LogP contribution < -0.4 is 4.90 Å². The molecule has 0 amide bonds. The molecule has 0 radical (unpaired) electrons. The molecule has 1 fully saturated rings. The largest absolute Gasteiger partial charge is 0.353 e. The fraction of sp³-hybridized carbons (Fsp3) is 0.688. The van der Waals surface area contributed by atoms with Gasteiger partial charge < -0.3 is 4.90 Å². The molecule has 5 heteroatoms. The Bertz CT molecular complexity index is 606. The number of hydrogen-bond donors (Lipinski definition) is 0. The summed E-state index contributed by atoms with van der Waals surface area (Å²) in [5.74, 6) is 2.60. The predicted molar refractivity (Wildman–Crippen MR) is 84.6 cm³/mol. The number of aryl methyl sites for hydroxylation is 1. The van der Waals surface area contributed by atoms with Crippen molar-refractivity contribution in [2.45, 2.75) is 58.9 Å². The van der Waals surface area contributed by atoms with E-state index in [1.54, 1.807) is 6.33 Å². The van der Waals surface area contributed by atoms with Gasteiger partial charge in [0.2, 0.25) is 0 Å². The molecule has 2 unspecified atom stereocenters. The molecule has 1 aliphatic heterocycles. The van der Waals surface area contributed by atoms with E-state index in [-0.39, 0.29) is 0 Å². The third-order valence-electron chi connectivity index (χ3n) is 4.64. The average molecular weight is 287 g/mol. The van der Waals surface area contributed by atoms with Gasteiger partial charge in [-0.2, -0.15) is 14.6 Å². The minimum absolute atomic E-state index is 0.615. The maximum Gasteiger partial charge on any atom is 0.254 e. The number of fused-ring (bicyclic) bond motifs is 1. The molecule has 2 atom stereocenters. The van der Waals surface area contributed by atoms with E-state index >= 15 is 0 Å².